The fraction of sp³-hybridized carbons (Fsp3) is 0.0952. The largest absolute Gasteiger partial charge is 0.454 e. The van der Waals surface area contributed by atoms with Gasteiger partial charge in [0.1, 0.15) is 0 Å². The number of nitrogens with zero attached hydrogens (tertiary/aromatic N) is 2. The average molecular weight is 395 g/mol. The molecule has 2 heterocycles. The van der Waals surface area contributed by atoms with Gasteiger partial charge in [-0.15, -0.1) is 0 Å². The molecule has 3 aromatic carbocycles. The van der Waals surface area contributed by atoms with Gasteiger partial charge < -0.3 is 14.3 Å². The average Bonchev–Trinajstić information content (AvgIpc) is 3.32. The third-order valence-corrected chi connectivity index (χ3v) is 4.87. The van der Waals surface area contributed by atoms with E-state index in [2.05, 4.69) is 0 Å². The zero-order valence-electron chi connectivity index (χ0n) is 14.6. The van der Waals surface area contributed by atoms with E-state index in [9.17, 15) is 4.79 Å². The van der Waals surface area contributed by atoms with Crippen molar-refractivity contribution in [1.29, 1.82) is 0 Å². The van der Waals surface area contributed by atoms with Crippen LogP contribution in [0.15, 0.2) is 72.8 Å². The van der Waals surface area contributed by atoms with Crippen molar-refractivity contribution in [1.82, 2.24) is 0 Å². The van der Waals surface area contributed by atoms with Crippen LogP contribution in [0.2, 0.25) is 5.02 Å². The van der Waals surface area contributed by atoms with Crippen molar-refractivity contribution in [2.75, 3.05) is 16.8 Å². The summed E-state index contributed by atoms with van der Waals surface area (Å²) in [6, 6.07) is 22.2. The zero-order valence-corrected chi connectivity index (χ0v) is 15.4. The minimum Gasteiger partial charge on any atom is -0.454 e. The van der Waals surface area contributed by atoms with Crippen molar-refractivity contribution < 1.29 is 19.1 Å². The second-order valence-electron chi connectivity index (χ2n) is 6.35. The quantitative estimate of drug-likeness (QED) is 0.615. The molecular formula is C21H15ClN2O4. The van der Waals surface area contributed by atoms with Crippen molar-refractivity contribution in [3.63, 3.8) is 0 Å². The summed E-state index contributed by atoms with van der Waals surface area (Å²) in [5.74, 6) is 1.31. The van der Waals surface area contributed by atoms with Gasteiger partial charge in [0.15, 0.2) is 17.7 Å². The highest BCUT2D eigenvalue weighted by atomic mass is 35.5. The summed E-state index contributed by atoms with van der Waals surface area (Å²) >= 11 is 6.17. The summed E-state index contributed by atoms with van der Waals surface area (Å²) in [6.07, 6.45) is -1.03. The molecule has 7 heteroatoms. The van der Waals surface area contributed by atoms with E-state index in [1.165, 1.54) is 0 Å². The van der Waals surface area contributed by atoms with Crippen LogP contribution in [0.5, 0.6) is 11.5 Å². The normalized spacial score (nSPS) is 17.8. The first-order chi connectivity index (χ1) is 13.7. The van der Waals surface area contributed by atoms with E-state index >= 15 is 0 Å². The van der Waals surface area contributed by atoms with E-state index in [0.717, 1.165) is 11.3 Å². The molecule has 140 valence electrons. The van der Waals surface area contributed by atoms with Crippen LogP contribution < -0.4 is 19.4 Å². The summed E-state index contributed by atoms with van der Waals surface area (Å²) < 4.78 is 10.9. The van der Waals surface area contributed by atoms with Gasteiger partial charge >= 0.3 is 6.09 Å². The highest BCUT2D eigenvalue weighted by molar-refractivity contribution is 6.30. The van der Waals surface area contributed by atoms with Crippen molar-refractivity contribution in [2.45, 2.75) is 6.17 Å². The van der Waals surface area contributed by atoms with Crippen molar-refractivity contribution in [2.24, 2.45) is 0 Å². The molecule has 2 aliphatic heterocycles. The van der Waals surface area contributed by atoms with Gasteiger partial charge in [-0.05, 0) is 42.5 Å². The number of carbonyl (C=O) groups excluding carboxylic acids is 1. The molecule has 28 heavy (non-hydrogen) atoms. The summed E-state index contributed by atoms with van der Waals surface area (Å²) in [5.41, 5.74) is 2.21. The number of anilines is 2. The van der Waals surface area contributed by atoms with Crippen LogP contribution >= 0.6 is 11.6 Å². The van der Waals surface area contributed by atoms with Crippen LogP contribution in [-0.4, -0.2) is 12.9 Å². The number of hydrogen-bond donors (Lipinski definition) is 0. The first-order valence-electron chi connectivity index (χ1n) is 8.71. The minimum atomic E-state index is -0.539. The lowest BCUT2D eigenvalue weighted by Gasteiger charge is -2.27. The van der Waals surface area contributed by atoms with Gasteiger partial charge in [-0.2, -0.15) is 5.06 Å². The van der Waals surface area contributed by atoms with Crippen molar-refractivity contribution in [3.8, 4) is 11.5 Å². The van der Waals surface area contributed by atoms with Gasteiger partial charge in [-0.1, -0.05) is 41.9 Å². The molecule has 1 saturated heterocycles. The van der Waals surface area contributed by atoms with E-state index in [1.807, 2.05) is 54.6 Å². The Morgan fingerprint density at radius 1 is 0.857 bits per heavy atom. The monoisotopic (exact) mass is 394 g/mol. The molecule has 0 bridgehead atoms. The summed E-state index contributed by atoms with van der Waals surface area (Å²) in [5, 5.41) is 2.12. The predicted molar refractivity (Wildman–Crippen MR) is 105 cm³/mol. The SMILES string of the molecule is O=C1ON(c2ccccc2)C(c2ccc3c(c2)OCO3)N1c1cccc(Cl)c1. The van der Waals surface area contributed by atoms with Crippen LogP contribution in [0.3, 0.4) is 0 Å². The molecule has 0 aromatic heterocycles. The second kappa shape index (κ2) is 6.65. The number of benzene rings is 3. The van der Waals surface area contributed by atoms with Crippen molar-refractivity contribution >= 4 is 29.1 Å². The number of ether oxygens (including phenoxy) is 2. The third-order valence-electron chi connectivity index (χ3n) is 4.63. The molecule has 6 nitrogen and oxygen atoms in total. The topological polar surface area (TPSA) is 51.2 Å². The molecule has 5 rings (SSSR count). The van der Waals surface area contributed by atoms with E-state index in [-0.39, 0.29) is 6.79 Å². The van der Waals surface area contributed by atoms with Crippen LogP contribution in [0, 0.1) is 0 Å². The summed E-state index contributed by atoms with van der Waals surface area (Å²) in [4.78, 5) is 20.1. The molecule has 0 saturated carbocycles. The smallest absolute Gasteiger partial charge is 0.440 e. The Labute approximate surface area is 166 Å². The van der Waals surface area contributed by atoms with Gasteiger partial charge in [-0.3, -0.25) is 0 Å². The highest BCUT2D eigenvalue weighted by Gasteiger charge is 2.43. The maximum absolute atomic E-state index is 12.9. The predicted octanol–water partition coefficient (Wildman–Crippen LogP) is 5.15. The van der Waals surface area contributed by atoms with E-state index in [1.54, 1.807) is 28.2 Å². The van der Waals surface area contributed by atoms with Crippen LogP contribution in [0.4, 0.5) is 16.2 Å². The van der Waals surface area contributed by atoms with E-state index in [0.29, 0.717) is 22.2 Å². The molecule has 3 aromatic rings. The Morgan fingerprint density at radius 2 is 1.64 bits per heavy atom. The Bertz CT molecular complexity index is 1040. The van der Waals surface area contributed by atoms with Gasteiger partial charge in [0, 0.05) is 10.6 Å². The first-order valence-corrected chi connectivity index (χ1v) is 9.09. The number of rotatable bonds is 3. The highest BCUT2D eigenvalue weighted by Crippen LogP contribution is 2.43. The lowest BCUT2D eigenvalue weighted by atomic mass is 10.1. The summed E-state index contributed by atoms with van der Waals surface area (Å²) in [7, 11) is 0. The maximum atomic E-state index is 12.9. The van der Waals surface area contributed by atoms with E-state index < -0.39 is 12.3 Å². The molecule has 0 N–H and O–H groups in total. The molecule has 0 radical (unpaired) electrons. The van der Waals surface area contributed by atoms with Gasteiger partial charge in [0.2, 0.25) is 6.79 Å². The Balaban J connectivity index is 1.64. The fourth-order valence-electron chi connectivity index (χ4n) is 3.38. The van der Waals surface area contributed by atoms with Gasteiger partial charge in [0.05, 0.1) is 11.4 Å². The standard InChI is InChI=1S/C21H15ClN2O4/c22-15-5-4-8-17(12-15)23-20(14-9-10-18-19(11-14)27-13-26-18)24(28-21(23)25)16-6-2-1-3-7-16/h1-12,20H,13H2. The molecule has 0 spiro atoms. The fourth-order valence-corrected chi connectivity index (χ4v) is 3.57. The first kappa shape index (κ1) is 16.8. The second-order valence-corrected chi connectivity index (χ2v) is 6.79. The molecule has 0 aliphatic carbocycles. The molecule has 1 atom stereocenters. The zero-order chi connectivity index (χ0) is 19.1. The number of amides is 1. The van der Waals surface area contributed by atoms with Crippen molar-refractivity contribution in [3.05, 3.63) is 83.4 Å². The minimum absolute atomic E-state index is 0.180. The lowest BCUT2D eigenvalue weighted by Crippen LogP contribution is -2.31. The Hall–Kier alpha value is -3.38. The molecule has 1 fully saturated rings. The number of hydrogen-bond acceptors (Lipinski definition) is 5. The lowest BCUT2D eigenvalue weighted by molar-refractivity contribution is 0.164. The molecule has 2 aliphatic rings. The maximum Gasteiger partial charge on any atom is 0.440 e. The number of para-hydroxylation sites is 1. The number of halogens is 1. The van der Waals surface area contributed by atoms with Gasteiger partial charge in [0.25, 0.3) is 0 Å². The molecule has 1 amide bonds. The van der Waals surface area contributed by atoms with Gasteiger partial charge in [-0.25, -0.2) is 9.69 Å². The van der Waals surface area contributed by atoms with Crippen LogP contribution in [0.25, 0.3) is 0 Å². The molecule has 1 unspecified atom stereocenters. The molecular weight excluding hydrogens is 380 g/mol. The number of fused-ring (bicyclic) bond motifs is 1. The van der Waals surface area contributed by atoms with Crippen LogP contribution in [0.1, 0.15) is 11.7 Å². The Morgan fingerprint density at radius 3 is 2.46 bits per heavy atom. The Kier molecular flexibility index (Phi) is 3.98. The van der Waals surface area contributed by atoms with Crippen LogP contribution in [-0.2, 0) is 4.84 Å². The number of hydroxylamine groups is 1. The summed E-state index contributed by atoms with van der Waals surface area (Å²) in [6.45, 7) is 0.180. The third kappa shape index (κ3) is 2.78. The number of carbonyl (C=O) groups is 1. The van der Waals surface area contributed by atoms with E-state index in [4.69, 9.17) is 25.9 Å².